The maximum absolute atomic E-state index is 12.4. The molecule has 0 unspecified atom stereocenters. The van der Waals surface area contributed by atoms with E-state index in [0.29, 0.717) is 51.9 Å². The molecule has 2 aromatic heterocycles. The first-order valence-corrected chi connectivity index (χ1v) is 30.0. The average molecular weight is 1070 g/mol. The van der Waals surface area contributed by atoms with Gasteiger partial charge < -0.3 is 31.1 Å². The van der Waals surface area contributed by atoms with Gasteiger partial charge in [-0.3, -0.25) is 19.2 Å². The minimum Gasteiger partial charge on any atom is -0.356 e. The van der Waals surface area contributed by atoms with Crippen LogP contribution in [0.15, 0.2) is 92.6 Å². The van der Waals surface area contributed by atoms with Gasteiger partial charge >= 0.3 is 0 Å². The maximum atomic E-state index is 12.4. The number of thioether (sulfide) groups is 2. The molecule has 6 rings (SSSR count). The second-order valence-electron chi connectivity index (χ2n) is 20.7. The molecule has 0 atom stereocenters. The lowest BCUT2D eigenvalue weighted by atomic mass is 10.1. The molecule has 4 amide bonds. The summed E-state index contributed by atoms with van der Waals surface area (Å²) in [7, 11) is 4.26. The second kappa shape index (κ2) is 32.2. The van der Waals surface area contributed by atoms with Crippen molar-refractivity contribution in [3.63, 3.8) is 0 Å². The zero-order chi connectivity index (χ0) is 54.1. The van der Waals surface area contributed by atoms with Crippen LogP contribution >= 0.6 is 23.5 Å². The first kappa shape index (κ1) is 59.6. The van der Waals surface area contributed by atoms with E-state index in [-0.39, 0.29) is 23.6 Å². The predicted molar refractivity (Wildman–Crippen MR) is 314 cm³/mol. The van der Waals surface area contributed by atoms with Gasteiger partial charge in [-0.2, -0.15) is 0 Å². The van der Waals surface area contributed by atoms with E-state index in [9.17, 15) is 19.2 Å². The van der Waals surface area contributed by atoms with Crippen molar-refractivity contribution < 1.29 is 28.3 Å². The summed E-state index contributed by atoms with van der Waals surface area (Å²) in [4.78, 5) is 56.6. The number of rotatable bonds is 33. The maximum Gasteiger partial charge on any atom is 0.219 e. The minimum absolute atomic E-state index is 0.0926. The van der Waals surface area contributed by atoms with Crippen molar-refractivity contribution in [3.8, 4) is 0 Å². The van der Waals surface area contributed by atoms with Crippen molar-refractivity contribution in [2.75, 3.05) is 50.1 Å². The van der Waals surface area contributed by atoms with Crippen LogP contribution in [0.25, 0.3) is 12.2 Å². The molecule has 0 bridgehead atoms. The van der Waals surface area contributed by atoms with Gasteiger partial charge in [-0.1, -0.05) is 73.5 Å². The molecule has 2 aliphatic heterocycles. The Balaban J connectivity index is 0.663. The molecule has 0 radical (unpaired) electrons. The normalized spacial score (nSPS) is 13.8. The Hall–Kier alpha value is -5.60. The smallest absolute Gasteiger partial charge is 0.219 e. The monoisotopic (exact) mass is 1070 g/mol. The number of carbonyl (C=O) groups is 4. The highest BCUT2D eigenvalue weighted by molar-refractivity contribution is 8.04. The van der Waals surface area contributed by atoms with E-state index < -0.39 is 0 Å². The van der Waals surface area contributed by atoms with Crippen LogP contribution in [0.1, 0.15) is 162 Å². The quantitative estimate of drug-likeness (QED) is 0.0274. The van der Waals surface area contributed by atoms with E-state index in [1.807, 2.05) is 23.5 Å². The van der Waals surface area contributed by atoms with Gasteiger partial charge in [0.2, 0.25) is 23.6 Å². The molecule has 0 spiro atoms. The van der Waals surface area contributed by atoms with E-state index >= 15 is 0 Å². The molecule has 0 aliphatic carbocycles. The van der Waals surface area contributed by atoms with Crippen LogP contribution in [0.2, 0.25) is 0 Å². The molecule has 4 heterocycles. The van der Waals surface area contributed by atoms with Gasteiger partial charge in [-0.05, 0) is 112 Å². The van der Waals surface area contributed by atoms with Gasteiger partial charge in [0.1, 0.15) is 13.1 Å². The van der Waals surface area contributed by atoms with Crippen LogP contribution < -0.4 is 40.2 Å². The molecule has 2 aromatic carbocycles. The fourth-order valence-corrected chi connectivity index (χ4v) is 12.3. The number of unbranched alkanes of at least 4 members (excludes halogenated alkanes) is 11. The van der Waals surface area contributed by atoms with Crippen molar-refractivity contribution in [2.45, 2.75) is 179 Å². The van der Waals surface area contributed by atoms with Crippen molar-refractivity contribution in [2.24, 2.45) is 0 Å². The van der Waals surface area contributed by atoms with E-state index in [1.165, 1.54) is 65.1 Å². The standard InChI is InChI=1S/C62H86N8O4S2/c1-47-41-51(45-61-67(5)53-27-17-19-29-55(53)75-61)42-48(2)69(47)39-25-11-15-33-59(73)65-37-23-9-13-31-57(71)63-35-21-7-8-22-36-64-58(72)32-14-10-24-38-66-60(74)34-16-12-26-40-70-49(3)43-52(44-50(70)4)46-62-68(6)54-28-18-20-30-56(54)76-62/h17-20,27-30,41-46H,7-16,21-26,31-40H2,1-6H3,(H2-2,63,64,65,66,71,72,73,74)/p+2. The zero-order valence-corrected chi connectivity index (χ0v) is 48.3. The summed E-state index contributed by atoms with van der Waals surface area (Å²) < 4.78 is 4.76. The van der Waals surface area contributed by atoms with Gasteiger partial charge in [0.25, 0.3) is 0 Å². The average Bonchev–Trinajstić information content (AvgIpc) is 3.89. The van der Waals surface area contributed by atoms with Crippen molar-refractivity contribution in [1.29, 1.82) is 0 Å². The molecular weight excluding hydrogens is 985 g/mol. The fraction of sp³-hybridized carbons (Fsp3) is 0.516. The molecule has 410 valence electrons. The second-order valence-corrected chi connectivity index (χ2v) is 22.9. The number of benzene rings is 2. The Bertz CT molecular complexity index is 2390. The largest absolute Gasteiger partial charge is 0.356 e. The summed E-state index contributed by atoms with van der Waals surface area (Å²) >= 11 is 3.63. The molecule has 76 heavy (non-hydrogen) atoms. The Kier molecular flexibility index (Phi) is 25.3. The van der Waals surface area contributed by atoms with Crippen LogP contribution in [0.3, 0.4) is 0 Å². The van der Waals surface area contributed by atoms with E-state index in [0.717, 1.165) is 116 Å². The first-order chi connectivity index (χ1) is 36.9. The fourth-order valence-electron chi connectivity index (χ4n) is 10.1. The molecule has 4 N–H and O–H groups in total. The molecule has 2 aliphatic rings. The number of amides is 4. The third kappa shape index (κ3) is 19.8. The van der Waals surface area contributed by atoms with Crippen molar-refractivity contribution >= 4 is 70.7 Å². The van der Waals surface area contributed by atoms with E-state index in [2.05, 4.69) is 167 Å². The van der Waals surface area contributed by atoms with Crippen molar-refractivity contribution in [3.05, 3.63) is 117 Å². The number of anilines is 2. The number of aryl methyl sites for hydroxylation is 4. The summed E-state index contributed by atoms with van der Waals surface area (Å²) in [5.74, 6) is 0.415. The Morgan fingerprint density at radius 3 is 1.03 bits per heavy atom. The number of hydrogen-bond acceptors (Lipinski definition) is 8. The highest BCUT2D eigenvalue weighted by Crippen LogP contribution is 2.46. The Morgan fingerprint density at radius 2 is 0.711 bits per heavy atom. The van der Waals surface area contributed by atoms with Gasteiger partial charge in [0.05, 0.1) is 21.4 Å². The number of para-hydroxylation sites is 2. The number of hydrogen-bond donors (Lipinski definition) is 4. The molecule has 4 aromatic rings. The molecule has 0 fully saturated rings. The van der Waals surface area contributed by atoms with Crippen LogP contribution in [-0.4, -0.2) is 63.9 Å². The van der Waals surface area contributed by atoms with Gasteiger partial charge in [-0.15, -0.1) is 0 Å². The number of fused-ring (bicyclic) bond motifs is 2. The van der Waals surface area contributed by atoms with Crippen LogP contribution in [0, 0.1) is 27.7 Å². The Morgan fingerprint density at radius 1 is 0.421 bits per heavy atom. The lowest BCUT2D eigenvalue weighted by molar-refractivity contribution is -0.709. The number of nitrogens with zero attached hydrogens (tertiary/aromatic N) is 4. The first-order valence-electron chi connectivity index (χ1n) is 28.4. The van der Waals surface area contributed by atoms with Gasteiger partial charge in [-0.25, -0.2) is 9.13 Å². The lowest BCUT2D eigenvalue weighted by Gasteiger charge is -2.13. The lowest BCUT2D eigenvalue weighted by Crippen LogP contribution is -2.40. The van der Waals surface area contributed by atoms with Crippen LogP contribution in [0.4, 0.5) is 11.4 Å². The van der Waals surface area contributed by atoms with Crippen LogP contribution in [0.5, 0.6) is 0 Å². The number of nitrogens with one attached hydrogen (secondary N) is 4. The number of aromatic nitrogens is 2. The zero-order valence-electron chi connectivity index (χ0n) is 46.7. The third-order valence-corrected chi connectivity index (χ3v) is 16.8. The summed E-state index contributed by atoms with van der Waals surface area (Å²) in [5, 5.41) is 14.7. The highest BCUT2D eigenvalue weighted by atomic mass is 32.2. The molecule has 12 nitrogen and oxygen atoms in total. The Labute approximate surface area is 463 Å². The van der Waals surface area contributed by atoms with E-state index in [4.69, 9.17) is 0 Å². The van der Waals surface area contributed by atoms with Gasteiger partial charge in [0, 0.05) is 141 Å². The van der Waals surface area contributed by atoms with Crippen molar-refractivity contribution in [1.82, 2.24) is 21.3 Å². The van der Waals surface area contributed by atoms with Gasteiger partial charge in [0.15, 0.2) is 22.8 Å². The summed E-state index contributed by atoms with van der Waals surface area (Å²) in [6, 6.07) is 26.1. The topological polar surface area (TPSA) is 131 Å². The predicted octanol–water partition coefficient (Wildman–Crippen LogP) is 11.5. The molecule has 14 heteroatoms. The summed E-state index contributed by atoms with van der Waals surface area (Å²) in [6.07, 6.45) is 21.7. The molecular formula is C62H88N8O4S2+2. The molecule has 0 saturated heterocycles. The highest BCUT2D eigenvalue weighted by Gasteiger charge is 2.24. The minimum atomic E-state index is 0.0926. The number of pyridine rings is 2. The SMILES string of the molecule is Cc1cc(C=C2Sc3ccccc3N2C)cc(C)[n+]1CCCCCC(=O)NCCCCCC(=O)NCCCCCCNC(=O)CCCCCNC(=O)CCCCC[n+]1c(C)cc(C=C2Sc3ccccc3N2C)cc1C. The summed E-state index contributed by atoms with van der Waals surface area (Å²) in [5.41, 5.74) is 9.95. The van der Waals surface area contributed by atoms with Crippen LogP contribution in [-0.2, 0) is 32.3 Å². The summed E-state index contributed by atoms with van der Waals surface area (Å²) in [6.45, 7) is 13.3. The third-order valence-electron chi connectivity index (χ3n) is 14.5. The van der Waals surface area contributed by atoms with E-state index in [1.54, 1.807) is 0 Å². The number of carbonyl (C=O) groups excluding carboxylic acids is 4. The molecule has 0 saturated carbocycles.